The van der Waals surface area contributed by atoms with Gasteiger partial charge in [0.1, 0.15) is 0 Å². The summed E-state index contributed by atoms with van der Waals surface area (Å²) in [6, 6.07) is 6.06. The Balaban J connectivity index is 2.04. The number of rotatable bonds is 10. The molecule has 1 aromatic carbocycles. The molecule has 28 heavy (non-hydrogen) atoms. The second kappa shape index (κ2) is 10.5. The van der Waals surface area contributed by atoms with Crippen LogP contribution in [0.3, 0.4) is 0 Å². The molecule has 1 aliphatic heterocycles. The van der Waals surface area contributed by atoms with Gasteiger partial charge in [0.15, 0.2) is 0 Å². The van der Waals surface area contributed by atoms with Crippen LogP contribution >= 0.6 is 0 Å². The second-order valence-corrected chi connectivity index (χ2v) is 8.20. The van der Waals surface area contributed by atoms with Gasteiger partial charge >= 0.3 is 0 Å². The predicted molar refractivity (Wildman–Crippen MR) is 102 cm³/mol. The third-order valence-electron chi connectivity index (χ3n) is 4.08. The van der Waals surface area contributed by atoms with Crippen molar-refractivity contribution in [1.82, 2.24) is 9.21 Å². The number of anilines is 1. The minimum absolute atomic E-state index is 0.0766. The number of nitrogens with two attached hydrogens (primary N) is 1. The SMILES string of the molecule is COCCN(CC(N)=O)CC(=O)Nc1cccc(S(=O)(=O)N2CCOCC2)c1. The Morgan fingerprint density at radius 1 is 1.29 bits per heavy atom. The van der Waals surface area contributed by atoms with E-state index in [4.69, 9.17) is 15.2 Å². The van der Waals surface area contributed by atoms with Crippen molar-refractivity contribution in [2.24, 2.45) is 5.73 Å². The lowest BCUT2D eigenvalue weighted by atomic mass is 10.3. The van der Waals surface area contributed by atoms with Gasteiger partial charge in [-0.2, -0.15) is 4.31 Å². The number of benzene rings is 1. The largest absolute Gasteiger partial charge is 0.383 e. The zero-order chi connectivity index (χ0) is 20.6. The van der Waals surface area contributed by atoms with Crippen LogP contribution in [-0.2, 0) is 29.1 Å². The van der Waals surface area contributed by atoms with Crippen LogP contribution in [0.15, 0.2) is 29.2 Å². The highest BCUT2D eigenvalue weighted by atomic mass is 32.2. The Morgan fingerprint density at radius 2 is 2.00 bits per heavy atom. The summed E-state index contributed by atoms with van der Waals surface area (Å²) >= 11 is 0. The van der Waals surface area contributed by atoms with Gasteiger partial charge in [-0.25, -0.2) is 8.42 Å². The van der Waals surface area contributed by atoms with E-state index < -0.39 is 21.8 Å². The molecule has 0 radical (unpaired) electrons. The number of amides is 2. The fraction of sp³-hybridized carbons (Fsp3) is 0.529. The number of nitrogens with zero attached hydrogens (tertiary/aromatic N) is 2. The molecule has 1 fully saturated rings. The summed E-state index contributed by atoms with van der Waals surface area (Å²) in [6.07, 6.45) is 0. The number of methoxy groups -OCH3 is 1. The van der Waals surface area contributed by atoms with E-state index in [2.05, 4.69) is 5.32 Å². The van der Waals surface area contributed by atoms with Gasteiger partial charge in [0.25, 0.3) is 0 Å². The first kappa shape index (κ1) is 22.2. The molecule has 1 heterocycles. The number of hydrogen-bond donors (Lipinski definition) is 2. The van der Waals surface area contributed by atoms with Crippen molar-refractivity contribution in [3.63, 3.8) is 0 Å². The Morgan fingerprint density at radius 3 is 2.64 bits per heavy atom. The molecule has 2 rings (SSSR count). The van der Waals surface area contributed by atoms with Crippen LogP contribution in [0.1, 0.15) is 0 Å². The first-order chi connectivity index (χ1) is 13.3. The van der Waals surface area contributed by atoms with Gasteiger partial charge in [-0.3, -0.25) is 14.5 Å². The highest BCUT2D eigenvalue weighted by Crippen LogP contribution is 2.20. The van der Waals surface area contributed by atoms with E-state index in [1.54, 1.807) is 17.0 Å². The quantitative estimate of drug-likeness (QED) is 0.506. The van der Waals surface area contributed by atoms with E-state index in [0.717, 1.165) is 0 Å². The topological polar surface area (TPSA) is 131 Å². The minimum atomic E-state index is -3.66. The van der Waals surface area contributed by atoms with Gasteiger partial charge in [0.2, 0.25) is 21.8 Å². The van der Waals surface area contributed by atoms with Gasteiger partial charge in [-0.15, -0.1) is 0 Å². The van der Waals surface area contributed by atoms with Gasteiger partial charge < -0.3 is 20.5 Å². The summed E-state index contributed by atoms with van der Waals surface area (Å²) in [6.45, 7) is 1.84. The molecular weight excluding hydrogens is 388 g/mol. The Kier molecular flexibility index (Phi) is 8.33. The first-order valence-electron chi connectivity index (χ1n) is 8.80. The molecule has 1 aromatic rings. The van der Waals surface area contributed by atoms with Crippen molar-refractivity contribution in [2.75, 3.05) is 65.0 Å². The van der Waals surface area contributed by atoms with E-state index in [-0.39, 0.29) is 18.0 Å². The lowest BCUT2D eigenvalue weighted by Crippen LogP contribution is -2.41. The molecule has 1 aliphatic rings. The number of primary amides is 1. The lowest BCUT2D eigenvalue weighted by molar-refractivity contribution is -0.121. The number of hydrogen-bond acceptors (Lipinski definition) is 7. The number of carbonyl (C=O) groups is 2. The molecule has 0 atom stereocenters. The Bertz CT molecular complexity index is 780. The van der Waals surface area contributed by atoms with Gasteiger partial charge in [0.05, 0.1) is 37.8 Å². The molecule has 0 spiro atoms. The van der Waals surface area contributed by atoms with E-state index >= 15 is 0 Å². The highest BCUT2D eigenvalue weighted by molar-refractivity contribution is 7.89. The van der Waals surface area contributed by atoms with Crippen LogP contribution in [-0.4, -0.2) is 89.1 Å². The molecule has 0 saturated carbocycles. The fourth-order valence-electron chi connectivity index (χ4n) is 2.73. The van der Waals surface area contributed by atoms with Crippen LogP contribution in [0.2, 0.25) is 0 Å². The first-order valence-corrected chi connectivity index (χ1v) is 10.2. The Hall–Kier alpha value is -2.05. The van der Waals surface area contributed by atoms with E-state index in [9.17, 15) is 18.0 Å². The molecule has 2 amide bonds. The van der Waals surface area contributed by atoms with Crippen molar-refractivity contribution >= 4 is 27.5 Å². The van der Waals surface area contributed by atoms with Crippen molar-refractivity contribution in [2.45, 2.75) is 4.90 Å². The number of sulfonamides is 1. The molecule has 11 heteroatoms. The third kappa shape index (κ3) is 6.53. The zero-order valence-corrected chi connectivity index (χ0v) is 16.6. The lowest BCUT2D eigenvalue weighted by Gasteiger charge is -2.26. The van der Waals surface area contributed by atoms with Gasteiger partial charge in [-0.1, -0.05) is 6.07 Å². The molecule has 0 unspecified atom stereocenters. The molecule has 156 valence electrons. The molecule has 1 saturated heterocycles. The number of morpholine rings is 1. The smallest absolute Gasteiger partial charge is 0.243 e. The average molecular weight is 414 g/mol. The predicted octanol–water partition coefficient (Wildman–Crippen LogP) is -0.920. The van der Waals surface area contributed by atoms with Crippen LogP contribution < -0.4 is 11.1 Å². The normalized spacial score (nSPS) is 15.5. The zero-order valence-electron chi connectivity index (χ0n) is 15.8. The van der Waals surface area contributed by atoms with E-state index in [1.807, 2.05) is 0 Å². The summed E-state index contributed by atoms with van der Waals surface area (Å²) in [5.41, 5.74) is 5.55. The monoisotopic (exact) mass is 414 g/mol. The summed E-state index contributed by atoms with van der Waals surface area (Å²) < 4.78 is 37.0. The molecule has 3 N–H and O–H groups in total. The molecule has 0 aliphatic carbocycles. The fourth-order valence-corrected chi connectivity index (χ4v) is 4.18. The van der Waals surface area contributed by atoms with Crippen molar-refractivity contribution < 1.29 is 27.5 Å². The van der Waals surface area contributed by atoms with Crippen molar-refractivity contribution in [1.29, 1.82) is 0 Å². The van der Waals surface area contributed by atoms with Crippen LogP contribution in [0.25, 0.3) is 0 Å². The summed E-state index contributed by atoms with van der Waals surface area (Å²) in [4.78, 5) is 25.1. The average Bonchev–Trinajstić information content (AvgIpc) is 2.66. The maximum atomic E-state index is 12.7. The van der Waals surface area contributed by atoms with Crippen LogP contribution in [0.4, 0.5) is 5.69 Å². The Labute approximate surface area is 164 Å². The molecule has 10 nitrogen and oxygen atoms in total. The summed E-state index contributed by atoms with van der Waals surface area (Å²) in [5, 5.41) is 2.66. The maximum Gasteiger partial charge on any atom is 0.243 e. The molecular formula is C17H26N4O6S. The van der Waals surface area contributed by atoms with Crippen molar-refractivity contribution in [3.8, 4) is 0 Å². The van der Waals surface area contributed by atoms with Crippen molar-refractivity contribution in [3.05, 3.63) is 24.3 Å². The minimum Gasteiger partial charge on any atom is -0.383 e. The van der Waals surface area contributed by atoms with Crippen LogP contribution in [0.5, 0.6) is 0 Å². The number of carbonyl (C=O) groups excluding carboxylic acids is 2. The molecule has 0 aromatic heterocycles. The maximum absolute atomic E-state index is 12.7. The third-order valence-corrected chi connectivity index (χ3v) is 5.98. The number of ether oxygens (including phenoxy) is 2. The summed E-state index contributed by atoms with van der Waals surface area (Å²) in [5.74, 6) is -0.944. The van der Waals surface area contributed by atoms with Crippen LogP contribution in [0, 0.1) is 0 Å². The standard InChI is InChI=1S/C17H26N4O6S/c1-26-8-5-20(12-16(18)22)13-17(23)19-14-3-2-4-15(11-14)28(24,25)21-6-9-27-10-7-21/h2-4,11H,5-10,12-13H2,1H3,(H2,18,22)(H,19,23). The van der Waals surface area contributed by atoms with Gasteiger partial charge in [-0.05, 0) is 18.2 Å². The summed E-state index contributed by atoms with van der Waals surface area (Å²) in [7, 11) is -2.14. The molecule has 0 bridgehead atoms. The van der Waals surface area contributed by atoms with E-state index in [1.165, 1.54) is 23.5 Å². The second-order valence-electron chi connectivity index (χ2n) is 6.26. The van der Waals surface area contributed by atoms with E-state index in [0.29, 0.717) is 45.1 Å². The number of nitrogens with one attached hydrogen (secondary N) is 1. The highest BCUT2D eigenvalue weighted by Gasteiger charge is 2.26. The van der Waals surface area contributed by atoms with Gasteiger partial charge in [0, 0.05) is 32.4 Å².